The number of carbonyl (C=O) groups excluding carboxylic acids is 1. The Bertz CT molecular complexity index is 556. The molecule has 2 heteroatoms. The number of esters is 1. The van der Waals surface area contributed by atoms with Crippen molar-refractivity contribution in [1.82, 2.24) is 0 Å². The largest absolute Gasteiger partial charge is 0.459 e. The van der Waals surface area contributed by atoms with Crippen molar-refractivity contribution in [2.45, 2.75) is 84.2 Å². The summed E-state index contributed by atoms with van der Waals surface area (Å²) in [6.07, 6.45) is 11.3. The van der Waals surface area contributed by atoms with E-state index in [9.17, 15) is 4.79 Å². The standard InChI is InChI=1S/C23H36O2/c1-4-15-8-13(3)20-16-10-18(21(15)20)19(11-16)22(24)25-23(5-2)12-14-6-7-17(23)9-14/h13-21H,4-12H2,1-3H3. The van der Waals surface area contributed by atoms with Crippen molar-refractivity contribution in [2.24, 2.45) is 53.3 Å². The molecule has 0 aliphatic heterocycles. The Labute approximate surface area is 153 Å². The van der Waals surface area contributed by atoms with E-state index >= 15 is 0 Å². The first-order valence-electron chi connectivity index (χ1n) is 11.3. The molecule has 5 rings (SSSR count). The summed E-state index contributed by atoms with van der Waals surface area (Å²) in [6.45, 7) is 7.08. The lowest BCUT2D eigenvalue weighted by molar-refractivity contribution is -0.175. The van der Waals surface area contributed by atoms with E-state index in [4.69, 9.17) is 4.74 Å². The third kappa shape index (κ3) is 2.24. The lowest BCUT2D eigenvalue weighted by atomic mass is 9.71. The van der Waals surface area contributed by atoms with E-state index < -0.39 is 0 Å². The summed E-state index contributed by atoms with van der Waals surface area (Å²) in [5.41, 5.74) is -0.0889. The SMILES string of the molecule is CCC1CC(C)C2C3CC(C(=O)OC4(CC)CC5CCC4C5)C(C3)C12. The van der Waals surface area contributed by atoms with Crippen LogP contribution in [0.2, 0.25) is 0 Å². The van der Waals surface area contributed by atoms with Gasteiger partial charge in [0, 0.05) is 0 Å². The monoisotopic (exact) mass is 344 g/mol. The maximum atomic E-state index is 13.3. The van der Waals surface area contributed by atoms with Gasteiger partial charge in [-0.05, 0) is 98.7 Å². The van der Waals surface area contributed by atoms with E-state index in [1.54, 1.807) is 0 Å². The van der Waals surface area contributed by atoms with Gasteiger partial charge in [0.25, 0.3) is 0 Å². The Hall–Kier alpha value is -0.530. The molecule has 0 aromatic carbocycles. The smallest absolute Gasteiger partial charge is 0.309 e. The van der Waals surface area contributed by atoms with Gasteiger partial charge in [0.05, 0.1) is 5.92 Å². The molecular weight excluding hydrogens is 308 g/mol. The van der Waals surface area contributed by atoms with Crippen LogP contribution in [0.4, 0.5) is 0 Å². The van der Waals surface area contributed by atoms with Gasteiger partial charge in [-0.15, -0.1) is 0 Å². The summed E-state index contributed by atoms with van der Waals surface area (Å²) in [4.78, 5) is 13.3. The summed E-state index contributed by atoms with van der Waals surface area (Å²) in [5, 5.41) is 0. The van der Waals surface area contributed by atoms with Crippen LogP contribution in [-0.4, -0.2) is 11.6 Å². The van der Waals surface area contributed by atoms with Crippen LogP contribution in [0.25, 0.3) is 0 Å². The minimum atomic E-state index is -0.0889. The van der Waals surface area contributed by atoms with Gasteiger partial charge >= 0.3 is 5.97 Å². The van der Waals surface area contributed by atoms with E-state index in [1.807, 2.05) is 0 Å². The number of rotatable bonds is 4. The summed E-state index contributed by atoms with van der Waals surface area (Å²) in [6, 6.07) is 0. The fourth-order valence-corrected chi connectivity index (χ4v) is 8.76. The van der Waals surface area contributed by atoms with Crippen molar-refractivity contribution in [3.05, 3.63) is 0 Å². The van der Waals surface area contributed by atoms with Crippen LogP contribution in [0, 0.1) is 53.3 Å². The Balaban J connectivity index is 1.33. The van der Waals surface area contributed by atoms with E-state index in [0.29, 0.717) is 11.8 Å². The van der Waals surface area contributed by atoms with Crippen molar-refractivity contribution in [1.29, 1.82) is 0 Å². The second-order valence-electron chi connectivity index (χ2n) is 10.5. The molecule has 25 heavy (non-hydrogen) atoms. The zero-order valence-corrected chi connectivity index (χ0v) is 16.4. The molecule has 0 aromatic heterocycles. The first-order chi connectivity index (χ1) is 12.1. The number of carbonyl (C=O) groups is 1. The molecule has 5 fully saturated rings. The van der Waals surface area contributed by atoms with Crippen molar-refractivity contribution in [2.75, 3.05) is 0 Å². The third-order valence-corrected chi connectivity index (χ3v) is 9.66. The van der Waals surface area contributed by atoms with E-state index in [0.717, 1.165) is 54.8 Å². The Morgan fingerprint density at radius 3 is 2.56 bits per heavy atom. The molecule has 10 atom stereocenters. The van der Waals surface area contributed by atoms with Crippen LogP contribution < -0.4 is 0 Å². The maximum absolute atomic E-state index is 13.3. The molecular formula is C23H36O2. The summed E-state index contributed by atoms with van der Waals surface area (Å²) >= 11 is 0. The summed E-state index contributed by atoms with van der Waals surface area (Å²) in [7, 11) is 0. The molecule has 5 aliphatic carbocycles. The number of hydrogen-bond donors (Lipinski definition) is 0. The normalized spacial score (nSPS) is 55.7. The van der Waals surface area contributed by atoms with Crippen LogP contribution in [0.5, 0.6) is 0 Å². The predicted molar refractivity (Wildman–Crippen MR) is 98.8 cm³/mol. The highest BCUT2D eigenvalue weighted by Crippen LogP contribution is 2.65. The van der Waals surface area contributed by atoms with Crippen molar-refractivity contribution < 1.29 is 9.53 Å². The van der Waals surface area contributed by atoms with Gasteiger partial charge in [-0.1, -0.05) is 27.2 Å². The summed E-state index contributed by atoms with van der Waals surface area (Å²) < 4.78 is 6.42. The molecule has 10 unspecified atom stereocenters. The highest BCUT2D eigenvalue weighted by molar-refractivity contribution is 5.74. The fraction of sp³-hybridized carbons (Fsp3) is 0.957. The maximum Gasteiger partial charge on any atom is 0.309 e. The van der Waals surface area contributed by atoms with E-state index in [2.05, 4.69) is 20.8 Å². The molecule has 5 aliphatic rings. The van der Waals surface area contributed by atoms with Crippen LogP contribution in [0.1, 0.15) is 78.6 Å². The van der Waals surface area contributed by atoms with Crippen molar-refractivity contribution >= 4 is 5.97 Å². The van der Waals surface area contributed by atoms with Gasteiger partial charge in [0.2, 0.25) is 0 Å². The average Bonchev–Trinajstić information content (AvgIpc) is 3.39. The van der Waals surface area contributed by atoms with Crippen LogP contribution >= 0.6 is 0 Å². The molecule has 0 aromatic rings. The molecule has 0 spiro atoms. The lowest BCUT2D eigenvalue weighted by Gasteiger charge is -2.40. The van der Waals surface area contributed by atoms with E-state index in [1.165, 1.54) is 38.5 Å². The number of hydrogen-bond acceptors (Lipinski definition) is 2. The first kappa shape index (κ1) is 16.6. The van der Waals surface area contributed by atoms with Gasteiger partial charge in [-0.25, -0.2) is 0 Å². The molecule has 140 valence electrons. The van der Waals surface area contributed by atoms with Gasteiger partial charge < -0.3 is 4.74 Å². The van der Waals surface area contributed by atoms with Gasteiger partial charge in [-0.3, -0.25) is 4.79 Å². The second kappa shape index (κ2) is 5.73. The minimum Gasteiger partial charge on any atom is -0.459 e. The second-order valence-corrected chi connectivity index (χ2v) is 10.5. The van der Waals surface area contributed by atoms with Crippen LogP contribution in [-0.2, 0) is 9.53 Å². The third-order valence-electron chi connectivity index (χ3n) is 9.66. The van der Waals surface area contributed by atoms with Crippen molar-refractivity contribution in [3.8, 4) is 0 Å². The molecule has 5 saturated carbocycles. The molecule has 0 radical (unpaired) electrons. The minimum absolute atomic E-state index is 0.0889. The molecule has 0 amide bonds. The highest BCUT2D eigenvalue weighted by Gasteiger charge is 2.62. The summed E-state index contributed by atoms with van der Waals surface area (Å²) in [5.74, 6) is 6.89. The zero-order valence-electron chi connectivity index (χ0n) is 16.4. The molecule has 0 saturated heterocycles. The van der Waals surface area contributed by atoms with Crippen LogP contribution in [0.3, 0.4) is 0 Å². The lowest BCUT2D eigenvalue weighted by Crippen LogP contribution is -2.43. The van der Waals surface area contributed by atoms with Crippen molar-refractivity contribution in [3.63, 3.8) is 0 Å². The van der Waals surface area contributed by atoms with Gasteiger partial charge in [-0.2, -0.15) is 0 Å². The Morgan fingerprint density at radius 1 is 1.08 bits per heavy atom. The quantitative estimate of drug-likeness (QED) is 0.634. The highest BCUT2D eigenvalue weighted by atomic mass is 16.6. The molecule has 0 heterocycles. The van der Waals surface area contributed by atoms with Crippen LogP contribution in [0.15, 0.2) is 0 Å². The van der Waals surface area contributed by atoms with E-state index in [-0.39, 0.29) is 17.5 Å². The Kier molecular flexibility index (Phi) is 3.81. The predicted octanol–water partition coefficient (Wildman–Crippen LogP) is 5.45. The number of ether oxygens (including phenoxy) is 1. The number of fused-ring (bicyclic) bond motifs is 7. The van der Waals surface area contributed by atoms with Gasteiger partial charge in [0.1, 0.15) is 5.60 Å². The fourth-order valence-electron chi connectivity index (χ4n) is 8.76. The topological polar surface area (TPSA) is 26.3 Å². The molecule has 2 nitrogen and oxygen atoms in total. The Morgan fingerprint density at radius 2 is 1.92 bits per heavy atom. The first-order valence-corrected chi connectivity index (χ1v) is 11.3. The zero-order chi connectivity index (χ0) is 17.3. The molecule has 4 bridgehead atoms. The van der Waals surface area contributed by atoms with Gasteiger partial charge in [0.15, 0.2) is 0 Å². The average molecular weight is 345 g/mol. The molecule has 0 N–H and O–H groups in total.